The molecule has 0 radical (unpaired) electrons. The van der Waals surface area contributed by atoms with Gasteiger partial charge in [-0.05, 0) is 50.2 Å². The van der Waals surface area contributed by atoms with Crippen molar-refractivity contribution in [1.29, 1.82) is 0 Å². The Morgan fingerprint density at radius 2 is 1.93 bits per heavy atom. The van der Waals surface area contributed by atoms with Crippen LogP contribution in [0.2, 0.25) is 0 Å². The SMILES string of the molecule is OC1(c2cc3c(s2)CCCCC3)CC1. The molecule has 2 aliphatic rings. The number of fused-ring (bicyclic) bond motifs is 1. The second-order valence-corrected chi connectivity index (χ2v) is 5.79. The molecule has 14 heavy (non-hydrogen) atoms. The van der Waals surface area contributed by atoms with E-state index < -0.39 is 5.60 Å². The minimum atomic E-state index is -0.406. The van der Waals surface area contributed by atoms with Crippen LogP contribution in [0, 0.1) is 0 Å². The summed E-state index contributed by atoms with van der Waals surface area (Å²) in [5, 5.41) is 10.0. The lowest BCUT2D eigenvalue weighted by molar-refractivity contribution is 0.155. The summed E-state index contributed by atoms with van der Waals surface area (Å²) in [7, 11) is 0. The molecule has 0 aliphatic heterocycles. The van der Waals surface area contributed by atoms with E-state index in [1.807, 2.05) is 11.3 Å². The molecule has 0 atom stereocenters. The molecule has 3 rings (SSSR count). The molecule has 0 aromatic carbocycles. The smallest absolute Gasteiger partial charge is 0.0990 e. The van der Waals surface area contributed by atoms with Crippen LogP contribution in [-0.2, 0) is 18.4 Å². The Morgan fingerprint density at radius 3 is 2.71 bits per heavy atom. The molecule has 76 valence electrons. The lowest BCUT2D eigenvalue weighted by Gasteiger charge is -2.02. The Bertz CT molecular complexity index is 326. The van der Waals surface area contributed by atoms with Gasteiger partial charge in [0.05, 0.1) is 5.60 Å². The zero-order valence-electron chi connectivity index (χ0n) is 8.38. The van der Waals surface area contributed by atoms with Crippen molar-refractivity contribution in [2.24, 2.45) is 0 Å². The summed E-state index contributed by atoms with van der Waals surface area (Å²) in [5.74, 6) is 0. The van der Waals surface area contributed by atoms with Crippen molar-refractivity contribution in [3.63, 3.8) is 0 Å². The lowest BCUT2D eigenvalue weighted by Crippen LogP contribution is -2.00. The van der Waals surface area contributed by atoms with Crippen LogP contribution in [0.25, 0.3) is 0 Å². The number of hydrogen-bond donors (Lipinski definition) is 1. The average Bonchev–Trinajstić information content (AvgIpc) is 2.86. The molecule has 0 saturated heterocycles. The van der Waals surface area contributed by atoms with Gasteiger partial charge in [-0.15, -0.1) is 11.3 Å². The first-order valence-corrected chi connectivity index (χ1v) is 6.44. The summed E-state index contributed by atoms with van der Waals surface area (Å²) in [6, 6.07) is 2.28. The maximum atomic E-state index is 10.0. The summed E-state index contributed by atoms with van der Waals surface area (Å²) in [6.45, 7) is 0. The first-order valence-electron chi connectivity index (χ1n) is 5.62. The van der Waals surface area contributed by atoms with Gasteiger partial charge in [-0.25, -0.2) is 0 Å². The molecule has 1 nitrogen and oxygen atoms in total. The fraction of sp³-hybridized carbons (Fsp3) is 0.667. The van der Waals surface area contributed by atoms with Crippen LogP contribution in [0.1, 0.15) is 47.4 Å². The molecule has 1 aromatic heterocycles. The third kappa shape index (κ3) is 1.41. The van der Waals surface area contributed by atoms with Crippen LogP contribution in [-0.4, -0.2) is 5.11 Å². The van der Waals surface area contributed by atoms with Gasteiger partial charge in [-0.1, -0.05) is 6.42 Å². The van der Waals surface area contributed by atoms with Crippen LogP contribution >= 0.6 is 11.3 Å². The Morgan fingerprint density at radius 1 is 1.14 bits per heavy atom. The molecule has 1 fully saturated rings. The number of thiophene rings is 1. The zero-order valence-corrected chi connectivity index (χ0v) is 9.20. The van der Waals surface area contributed by atoms with Gasteiger partial charge in [-0.2, -0.15) is 0 Å². The van der Waals surface area contributed by atoms with Crippen molar-refractivity contribution in [3.8, 4) is 0 Å². The predicted octanol–water partition coefficient (Wildman–Crippen LogP) is 3.00. The topological polar surface area (TPSA) is 20.2 Å². The summed E-state index contributed by atoms with van der Waals surface area (Å²) in [4.78, 5) is 2.79. The monoisotopic (exact) mass is 208 g/mol. The van der Waals surface area contributed by atoms with Crippen molar-refractivity contribution in [3.05, 3.63) is 21.4 Å². The van der Waals surface area contributed by atoms with Crippen LogP contribution in [0.5, 0.6) is 0 Å². The summed E-state index contributed by atoms with van der Waals surface area (Å²) >= 11 is 1.87. The van der Waals surface area contributed by atoms with Gasteiger partial charge in [0.1, 0.15) is 0 Å². The molecule has 1 N–H and O–H groups in total. The van der Waals surface area contributed by atoms with Gasteiger partial charge >= 0.3 is 0 Å². The van der Waals surface area contributed by atoms with Gasteiger partial charge in [0.15, 0.2) is 0 Å². The summed E-state index contributed by atoms with van der Waals surface area (Å²) in [5.41, 5.74) is 1.12. The highest BCUT2D eigenvalue weighted by Crippen LogP contribution is 2.49. The second kappa shape index (κ2) is 3.07. The molecule has 2 heteroatoms. The molecule has 0 spiro atoms. The highest BCUT2D eigenvalue weighted by atomic mass is 32.1. The Balaban J connectivity index is 1.94. The number of aryl methyl sites for hydroxylation is 2. The standard InChI is InChI=1S/C12H16OS/c13-12(6-7-12)11-8-9-4-2-1-3-5-10(9)14-11/h8,13H,1-7H2. The average molecular weight is 208 g/mol. The van der Waals surface area contributed by atoms with E-state index in [-0.39, 0.29) is 0 Å². The maximum absolute atomic E-state index is 10.0. The lowest BCUT2D eigenvalue weighted by atomic mass is 10.1. The molecule has 1 heterocycles. The quantitative estimate of drug-likeness (QED) is 0.703. The van der Waals surface area contributed by atoms with Crippen molar-refractivity contribution >= 4 is 11.3 Å². The van der Waals surface area contributed by atoms with Crippen LogP contribution in [0.3, 0.4) is 0 Å². The van der Waals surface area contributed by atoms with E-state index >= 15 is 0 Å². The van der Waals surface area contributed by atoms with Gasteiger partial charge < -0.3 is 5.11 Å². The van der Waals surface area contributed by atoms with E-state index in [1.54, 1.807) is 4.88 Å². The molecule has 1 saturated carbocycles. The van der Waals surface area contributed by atoms with Gasteiger partial charge in [0, 0.05) is 9.75 Å². The zero-order chi connectivity index (χ0) is 9.60. The molecule has 2 aliphatic carbocycles. The van der Waals surface area contributed by atoms with E-state index in [9.17, 15) is 5.11 Å². The van der Waals surface area contributed by atoms with E-state index in [1.165, 1.54) is 42.5 Å². The Labute approximate surface area is 88.8 Å². The molecule has 0 unspecified atom stereocenters. The number of hydrogen-bond acceptors (Lipinski definition) is 2. The first-order chi connectivity index (χ1) is 6.78. The summed E-state index contributed by atoms with van der Waals surface area (Å²) < 4.78 is 0. The molecular formula is C12H16OS. The first kappa shape index (κ1) is 8.93. The van der Waals surface area contributed by atoms with Crippen molar-refractivity contribution in [1.82, 2.24) is 0 Å². The fourth-order valence-electron chi connectivity index (χ4n) is 2.26. The van der Waals surface area contributed by atoms with Crippen LogP contribution in [0.15, 0.2) is 6.07 Å². The molecule has 0 amide bonds. The largest absolute Gasteiger partial charge is 0.384 e. The van der Waals surface area contributed by atoms with E-state index in [0.717, 1.165) is 12.8 Å². The van der Waals surface area contributed by atoms with E-state index in [4.69, 9.17) is 0 Å². The normalized spacial score (nSPS) is 24.1. The van der Waals surface area contributed by atoms with Gasteiger partial charge in [0.2, 0.25) is 0 Å². The van der Waals surface area contributed by atoms with Crippen molar-refractivity contribution in [2.75, 3.05) is 0 Å². The molecule has 0 bridgehead atoms. The second-order valence-electron chi connectivity index (χ2n) is 4.65. The van der Waals surface area contributed by atoms with Gasteiger partial charge in [0.25, 0.3) is 0 Å². The molecule has 1 aromatic rings. The van der Waals surface area contributed by atoms with Crippen molar-refractivity contribution < 1.29 is 5.11 Å². The molecular weight excluding hydrogens is 192 g/mol. The van der Waals surface area contributed by atoms with E-state index in [0.29, 0.717) is 0 Å². The Kier molecular flexibility index (Phi) is 1.96. The highest BCUT2D eigenvalue weighted by Gasteiger charge is 2.43. The van der Waals surface area contributed by atoms with Crippen molar-refractivity contribution in [2.45, 2.75) is 50.5 Å². The van der Waals surface area contributed by atoms with Crippen LogP contribution < -0.4 is 0 Å². The number of aliphatic hydroxyl groups is 1. The minimum Gasteiger partial charge on any atom is -0.384 e. The van der Waals surface area contributed by atoms with E-state index in [2.05, 4.69) is 6.07 Å². The number of rotatable bonds is 1. The third-order valence-corrected chi connectivity index (χ3v) is 4.86. The third-order valence-electron chi connectivity index (χ3n) is 3.43. The Hall–Kier alpha value is -0.340. The minimum absolute atomic E-state index is 0.406. The highest BCUT2D eigenvalue weighted by molar-refractivity contribution is 7.12. The maximum Gasteiger partial charge on any atom is 0.0990 e. The van der Waals surface area contributed by atoms with Crippen LogP contribution in [0.4, 0.5) is 0 Å². The summed E-state index contributed by atoms with van der Waals surface area (Å²) in [6.07, 6.45) is 8.49. The van der Waals surface area contributed by atoms with Gasteiger partial charge in [-0.3, -0.25) is 0 Å². The predicted molar refractivity (Wildman–Crippen MR) is 58.7 cm³/mol. The fourth-order valence-corrected chi connectivity index (χ4v) is 3.66.